The van der Waals surface area contributed by atoms with E-state index in [0.717, 1.165) is 12.1 Å². The summed E-state index contributed by atoms with van der Waals surface area (Å²) in [6, 6.07) is 3.43. The summed E-state index contributed by atoms with van der Waals surface area (Å²) in [5.41, 5.74) is -1.75. The van der Waals surface area contributed by atoms with Crippen molar-refractivity contribution in [2.24, 2.45) is 4.99 Å². The molecule has 0 radical (unpaired) electrons. The summed E-state index contributed by atoms with van der Waals surface area (Å²) >= 11 is 5.48. The molecule has 2 nitrogen and oxygen atoms in total. The fourth-order valence-electron chi connectivity index (χ4n) is 1.30. The third-order valence-corrected chi connectivity index (χ3v) is 2.63. The van der Waals surface area contributed by atoms with Crippen molar-refractivity contribution in [3.8, 4) is 0 Å². The van der Waals surface area contributed by atoms with E-state index in [0.29, 0.717) is 0 Å². The van der Waals surface area contributed by atoms with Gasteiger partial charge in [0.1, 0.15) is 0 Å². The van der Waals surface area contributed by atoms with E-state index >= 15 is 0 Å². The highest BCUT2D eigenvalue weighted by molar-refractivity contribution is 6.31. The molecule has 0 fully saturated rings. The Hall–Kier alpha value is -1.32. The van der Waals surface area contributed by atoms with Crippen molar-refractivity contribution in [2.45, 2.75) is 25.6 Å². The molecule has 0 aliphatic heterocycles. The molecule has 0 spiro atoms. The van der Waals surface area contributed by atoms with Gasteiger partial charge in [-0.05, 0) is 31.5 Å². The Bertz CT molecular complexity index is 476. The Morgan fingerprint density at radius 2 is 1.88 bits per heavy atom. The lowest BCUT2D eigenvalue weighted by atomic mass is 9.93. The van der Waals surface area contributed by atoms with Crippen LogP contribution in [0.25, 0.3) is 0 Å². The third kappa shape index (κ3) is 3.08. The number of benzene rings is 1. The first-order chi connectivity index (χ1) is 7.68. The maximum atomic E-state index is 12.6. The quantitative estimate of drug-likeness (QED) is 0.587. The Labute approximate surface area is 101 Å². The van der Waals surface area contributed by atoms with Crippen molar-refractivity contribution in [3.05, 3.63) is 34.3 Å². The predicted molar refractivity (Wildman–Crippen MR) is 57.6 cm³/mol. The van der Waals surface area contributed by atoms with E-state index in [1.54, 1.807) is 0 Å². The Morgan fingerprint density at radius 1 is 1.29 bits per heavy atom. The van der Waals surface area contributed by atoms with Crippen LogP contribution in [0, 0.1) is 0 Å². The highest BCUT2D eigenvalue weighted by Crippen LogP contribution is 2.37. The van der Waals surface area contributed by atoms with E-state index < -0.39 is 17.3 Å². The van der Waals surface area contributed by atoms with Crippen LogP contribution in [0.5, 0.6) is 0 Å². The van der Waals surface area contributed by atoms with Crippen LogP contribution in [-0.2, 0) is 16.5 Å². The van der Waals surface area contributed by atoms with Gasteiger partial charge in [-0.2, -0.15) is 18.2 Å². The van der Waals surface area contributed by atoms with E-state index in [4.69, 9.17) is 11.6 Å². The van der Waals surface area contributed by atoms with Crippen molar-refractivity contribution < 1.29 is 18.0 Å². The van der Waals surface area contributed by atoms with Gasteiger partial charge in [0.2, 0.25) is 6.08 Å². The SMILES string of the molecule is CC(C)(N=C=O)c1ccc(Cl)c(C(F)(F)F)c1. The van der Waals surface area contributed by atoms with Crippen LogP contribution in [0.4, 0.5) is 13.2 Å². The first-order valence-electron chi connectivity index (χ1n) is 4.65. The zero-order valence-corrected chi connectivity index (χ0v) is 9.86. The van der Waals surface area contributed by atoms with Crippen LogP contribution >= 0.6 is 11.6 Å². The molecule has 0 saturated carbocycles. The van der Waals surface area contributed by atoms with Crippen LogP contribution < -0.4 is 0 Å². The third-order valence-electron chi connectivity index (χ3n) is 2.30. The second kappa shape index (κ2) is 4.51. The summed E-state index contributed by atoms with van der Waals surface area (Å²) in [5.74, 6) is 0. The Kier molecular flexibility index (Phi) is 3.65. The molecule has 0 heterocycles. The monoisotopic (exact) mass is 263 g/mol. The topological polar surface area (TPSA) is 29.4 Å². The largest absolute Gasteiger partial charge is 0.417 e. The van der Waals surface area contributed by atoms with Gasteiger partial charge < -0.3 is 0 Å². The van der Waals surface area contributed by atoms with Crippen LogP contribution in [0.15, 0.2) is 23.2 Å². The Morgan fingerprint density at radius 3 is 2.35 bits per heavy atom. The second-order valence-corrected chi connectivity index (χ2v) is 4.36. The van der Waals surface area contributed by atoms with Crippen LogP contribution in [0.2, 0.25) is 5.02 Å². The summed E-state index contributed by atoms with van der Waals surface area (Å²) in [5, 5.41) is -0.382. The fourth-order valence-corrected chi connectivity index (χ4v) is 1.53. The van der Waals surface area contributed by atoms with E-state index in [-0.39, 0.29) is 10.6 Å². The molecule has 17 heavy (non-hydrogen) atoms. The number of aliphatic imine (C=N–C) groups is 1. The molecule has 1 rings (SSSR count). The molecule has 6 heteroatoms. The molecule has 0 aromatic heterocycles. The number of carbonyl (C=O) groups excluding carboxylic acids is 1. The van der Waals surface area contributed by atoms with Gasteiger partial charge in [0.15, 0.2) is 0 Å². The van der Waals surface area contributed by atoms with Crippen molar-refractivity contribution in [2.75, 3.05) is 0 Å². The smallest absolute Gasteiger partial charge is 0.211 e. The molecule has 0 bridgehead atoms. The molecule has 1 aromatic carbocycles. The van der Waals surface area contributed by atoms with E-state index in [9.17, 15) is 18.0 Å². The fraction of sp³-hybridized carbons (Fsp3) is 0.364. The van der Waals surface area contributed by atoms with Crippen LogP contribution in [0.3, 0.4) is 0 Å². The lowest BCUT2D eigenvalue weighted by molar-refractivity contribution is -0.137. The van der Waals surface area contributed by atoms with Gasteiger partial charge in [0.05, 0.1) is 16.1 Å². The van der Waals surface area contributed by atoms with Gasteiger partial charge in [-0.25, -0.2) is 4.79 Å². The number of hydrogen-bond donors (Lipinski definition) is 0. The molecule has 0 unspecified atom stereocenters. The Balaban J connectivity index is 3.36. The summed E-state index contributed by atoms with van der Waals surface area (Å²) in [7, 11) is 0. The van der Waals surface area contributed by atoms with Gasteiger partial charge in [-0.1, -0.05) is 17.7 Å². The minimum absolute atomic E-state index is 0.248. The van der Waals surface area contributed by atoms with Gasteiger partial charge in [0, 0.05) is 0 Å². The average Bonchev–Trinajstić information content (AvgIpc) is 2.15. The van der Waals surface area contributed by atoms with Crippen molar-refractivity contribution >= 4 is 17.7 Å². The molecule has 92 valence electrons. The van der Waals surface area contributed by atoms with Crippen molar-refractivity contribution in [1.29, 1.82) is 0 Å². The summed E-state index contributed by atoms with van der Waals surface area (Å²) in [6.07, 6.45) is -3.19. The minimum Gasteiger partial charge on any atom is -0.211 e. The number of halogens is 4. The molecule has 0 N–H and O–H groups in total. The highest BCUT2D eigenvalue weighted by Gasteiger charge is 2.34. The van der Waals surface area contributed by atoms with Gasteiger partial charge in [-0.3, -0.25) is 0 Å². The second-order valence-electron chi connectivity index (χ2n) is 3.95. The van der Waals surface area contributed by atoms with E-state index in [1.807, 2.05) is 0 Å². The normalized spacial score (nSPS) is 12.1. The zero-order valence-electron chi connectivity index (χ0n) is 9.10. The molecule has 0 aliphatic rings. The molecular weight excluding hydrogens is 255 g/mol. The molecule has 0 saturated heterocycles. The standard InChI is InChI=1S/C11H9ClF3NO/c1-10(2,16-6-17)7-3-4-9(12)8(5-7)11(13,14)15/h3-5H,1-2H3. The summed E-state index contributed by atoms with van der Waals surface area (Å²) in [4.78, 5) is 13.7. The minimum atomic E-state index is -4.53. The lowest BCUT2D eigenvalue weighted by Gasteiger charge is -2.20. The number of alkyl halides is 3. The zero-order chi connectivity index (χ0) is 13.3. The maximum absolute atomic E-state index is 12.6. The highest BCUT2D eigenvalue weighted by atomic mass is 35.5. The summed E-state index contributed by atoms with van der Waals surface area (Å²) < 4.78 is 37.8. The molecule has 0 amide bonds. The first kappa shape index (κ1) is 13.7. The molecular formula is C11H9ClF3NO. The number of nitrogens with zero attached hydrogens (tertiary/aromatic N) is 1. The van der Waals surface area contributed by atoms with Crippen molar-refractivity contribution in [1.82, 2.24) is 0 Å². The maximum Gasteiger partial charge on any atom is 0.417 e. The summed E-state index contributed by atoms with van der Waals surface area (Å²) in [6.45, 7) is 3.03. The van der Waals surface area contributed by atoms with Crippen LogP contribution in [-0.4, -0.2) is 6.08 Å². The predicted octanol–water partition coefficient (Wildman–Crippen LogP) is 3.93. The molecule has 0 atom stereocenters. The number of hydrogen-bond acceptors (Lipinski definition) is 2. The number of rotatable bonds is 2. The number of isocyanates is 1. The van der Waals surface area contributed by atoms with Gasteiger partial charge in [0.25, 0.3) is 0 Å². The first-order valence-corrected chi connectivity index (χ1v) is 5.02. The molecule has 1 aromatic rings. The average molecular weight is 264 g/mol. The van der Waals surface area contributed by atoms with Gasteiger partial charge in [-0.15, -0.1) is 0 Å². The van der Waals surface area contributed by atoms with Crippen molar-refractivity contribution in [3.63, 3.8) is 0 Å². The van der Waals surface area contributed by atoms with E-state index in [1.165, 1.54) is 26.0 Å². The van der Waals surface area contributed by atoms with Crippen LogP contribution in [0.1, 0.15) is 25.0 Å². The molecule has 0 aliphatic carbocycles. The lowest BCUT2D eigenvalue weighted by Crippen LogP contribution is -2.15. The van der Waals surface area contributed by atoms with E-state index in [2.05, 4.69) is 4.99 Å². The van der Waals surface area contributed by atoms with Gasteiger partial charge >= 0.3 is 6.18 Å².